The largest absolute Gasteiger partial charge is 0.465 e. The Labute approximate surface area is 114 Å². The minimum absolute atomic E-state index is 0.159. The minimum atomic E-state index is -0.159. The van der Waals surface area contributed by atoms with Crippen LogP contribution in [-0.4, -0.2) is 28.1 Å². The van der Waals surface area contributed by atoms with Gasteiger partial charge in [0.05, 0.1) is 28.2 Å². The van der Waals surface area contributed by atoms with Gasteiger partial charge in [0.15, 0.2) is 0 Å². The number of ether oxygens (including phenoxy) is 1. The van der Waals surface area contributed by atoms with Crippen LogP contribution < -0.4 is 0 Å². The molecule has 0 saturated carbocycles. The number of hydrogen-bond acceptors (Lipinski definition) is 4. The quantitative estimate of drug-likeness (QED) is 0.756. The van der Waals surface area contributed by atoms with Crippen LogP contribution in [0.3, 0.4) is 0 Å². The molecule has 4 nitrogen and oxygen atoms in total. The fourth-order valence-electron chi connectivity index (χ4n) is 1.44. The van der Waals surface area contributed by atoms with Crippen molar-refractivity contribution in [1.29, 1.82) is 0 Å². The maximum absolute atomic E-state index is 11.2. The summed E-state index contributed by atoms with van der Waals surface area (Å²) in [4.78, 5) is 11.2. The third kappa shape index (κ3) is 4.03. The van der Waals surface area contributed by atoms with Crippen LogP contribution in [0.5, 0.6) is 0 Å². The maximum atomic E-state index is 11.2. The summed E-state index contributed by atoms with van der Waals surface area (Å²) in [7, 11) is 0. The number of aryl methyl sites for hydroxylation is 2. The fourth-order valence-corrected chi connectivity index (χ4v) is 2.89. The molecule has 1 aromatic rings. The molecule has 0 fully saturated rings. The lowest BCUT2D eigenvalue weighted by molar-refractivity contribution is -0.139. The summed E-state index contributed by atoms with van der Waals surface area (Å²) in [5.74, 6) is 0.982. The van der Waals surface area contributed by atoms with Gasteiger partial charge in [0, 0.05) is 12.3 Å². The highest BCUT2D eigenvalue weighted by molar-refractivity contribution is 9.10. The van der Waals surface area contributed by atoms with Gasteiger partial charge in [-0.15, -0.1) is 11.8 Å². The van der Waals surface area contributed by atoms with Crippen molar-refractivity contribution in [3.63, 3.8) is 0 Å². The molecule has 0 bridgehead atoms. The van der Waals surface area contributed by atoms with E-state index in [1.54, 1.807) is 11.8 Å². The smallest absolute Gasteiger partial charge is 0.315 e. The highest BCUT2D eigenvalue weighted by atomic mass is 79.9. The molecule has 96 valence electrons. The zero-order chi connectivity index (χ0) is 12.8. The first kappa shape index (κ1) is 14.6. The lowest BCUT2D eigenvalue weighted by atomic mass is 10.4. The maximum Gasteiger partial charge on any atom is 0.315 e. The predicted octanol–water partition coefficient (Wildman–Crippen LogP) is 2.77. The zero-order valence-electron chi connectivity index (χ0n) is 10.3. The Morgan fingerprint density at radius 3 is 2.82 bits per heavy atom. The monoisotopic (exact) mass is 320 g/mol. The molecule has 0 saturated heterocycles. The number of thioether (sulfide) groups is 1. The van der Waals surface area contributed by atoms with Crippen LogP contribution in [0.15, 0.2) is 4.47 Å². The molecule has 0 unspecified atom stereocenters. The van der Waals surface area contributed by atoms with Gasteiger partial charge in [0.25, 0.3) is 0 Å². The van der Waals surface area contributed by atoms with Crippen molar-refractivity contribution >= 4 is 33.7 Å². The van der Waals surface area contributed by atoms with E-state index in [-0.39, 0.29) is 5.97 Å². The number of carbonyl (C=O) groups is 1. The lowest BCUT2D eigenvalue weighted by Gasteiger charge is -2.05. The first-order valence-corrected chi connectivity index (χ1v) is 7.50. The molecular weight excluding hydrogens is 304 g/mol. The summed E-state index contributed by atoms with van der Waals surface area (Å²) < 4.78 is 7.87. The zero-order valence-corrected chi connectivity index (χ0v) is 12.7. The van der Waals surface area contributed by atoms with E-state index in [0.717, 1.165) is 28.2 Å². The standard InChI is InChI=1S/C11H17BrN2O2S/c1-4-14-9(11(12)8(3)13-14)6-17-7-10(15)16-5-2/h4-7H2,1-3H3. The van der Waals surface area contributed by atoms with E-state index >= 15 is 0 Å². The Balaban J connectivity index is 2.54. The lowest BCUT2D eigenvalue weighted by Crippen LogP contribution is -2.08. The molecule has 0 aliphatic carbocycles. The van der Waals surface area contributed by atoms with Crippen molar-refractivity contribution in [2.75, 3.05) is 12.4 Å². The van der Waals surface area contributed by atoms with Crippen molar-refractivity contribution in [1.82, 2.24) is 9.78 Å². The number of rotatable bonds is 6. The molecule has 0 N–H and O–H groups in total. The van der Waals surface area contributed by atoms with Gasteiger partial charge in [-0.25, -0.2) is 0 Å². The van der Waals surface area contributed by atoms with Crippen molar-refractivity contribution in [2.24, 2.45) is 0 Å². The first-order chi connectivity index (χ1) is 8.10. The number of carbonyl (C=O) groups excluding carboxylic acids is 1. The molecule has 0 aliphatic heterocycles. The highest BCUT2D eigenvalue weighted by Gasteiger charge is 2.12. The van der Waals surface area contributed by atoms with Crippen molar-refractivity contribution in [3.8, 4) is 0 Å². The first-order valence-electron chi connectivity index (χ1n) is 5.55. The predicted molar refractivity (Wildman–Crippen MR) is 73.1 cm³/mol. The van der Waals surface area contributed by atoms with Gasteiger partial charge < -0.3 is 4.74 Å². The van der Waals surface area contributed by atoms with E-state index in [0.29, 0.717) is 12.4 Å². The topological polar surface area (TPSA) is 44.1 Å². The minimum Gasteiger partial charge on any atom is -0.465 e. The number of hydrogen-bond donors (Lipinski definition) is 0. The molecule has 0 aliphatic rings. The molecule has 6 heteroatoms. The molecule has 0 spiro atoms. The van der Waals surface area contributed by atoms with Crippen molar-refractivity contribution in [2.45, 2.75) is 33.1 Å². The molecule has 1 aromatic heterocycles. The second-order valence-corrected chi connectivity index (χ2v) is 5.24. The van der Waals surface area contributed by atoms with Crippen LogP contribution >= 0.6 is 27.7 Å². The van der Waals surface area contributed by atoms with E-state index in [9.17, 15) is 4.79 Å². The van der Waals surface area contributed by atoms with Crippen LogP contribution in [0.1, 0.15) is 25.2 Å². The number of esters is 1. The summed E-state index contributed by atoms with van der Waals surface area (Å²) in [5.41, 5.74) is 2.11. The summed E-state index contributed by atoms with van der Waals surface area (Å²) in [6, 6.07) is 0. The summed E-state index contributed by atoms with van der Waals surface area (Å²) >= 11 is 5.07. The Morgan fingerprint density at radius 2 is 2.24 bits per heavy atom. The fraction of sp³-hybridized carbons (Fsp3) is 0.636. The van der Waals surface area contributed by atoms with Crippen molar-refractivity contribution in [3.05, 3.63) is 15.9 Å². The SMILES string of the molecule is CCOC(=O)CSCc1c(Br)c(C)nn1CC. The molecule has 1 heterocycles. The van der Waals surface area contributed by atoms with Gasteiger partial charge in [0.1, 0.15) is 0 Å². The molecule has 0 radical (unpaired) electrons. The summed E-state index contributed by atoms with van der Waals surface area (Å²) in [6.07, 6.45) is 0. The number of aromatic nitrogens is 2. The van der Waals surface area contributed by atoms with E-state index in [4.69, 9.17) is 4.74 Å². The Kier molecular flexibility index (Phi) is 6.05. The average molecular weight is 321 g/mol. The van der Waals surface area contributed by atoms with Crippen LogP contribution in [-0.2, 0) is 21.8 Å². The molecular formula is C11H17BrN2O2S. The number of nitrogens with zero attached hydrogens (tertiary/aromatic N) is 2. The Hall–Kier alpha value is -0.490. The molecule has 0 atom stereocenters. The third-order valence-corrected chi connectivity index (χ3v) is 4.17. The average Bonchev–Trinajstić information content (AvgIpc) is 2.57. The van der Waals surface area contributed by atoms with Crippen LogP contribution in [0.25, 0.3) is 0 Å². The highest BCUT2D eigenvalue weighted by Crippen LogP contribution is 2.25. The Bertz CT molecular complexity index is 393. The van der Waals surface area contributed by atoms with Gasteiger partial charge in [-0.1, -0.05) is 0 Å². The van der Waals surface area contributed by atoms with Crippen LogP contribution in [0, 0.1) is 6.92 Å². The Morgan fingerprint density at radius 1 is 1.53 bits per heavy atom. The molecule has 1 rings (SSSR count). The molecule has 0 aromatic carbocycles. The molecule has 17 heavy (non-hydrogen) atoms. The van der Waals surface area contributed by atoms with Crippen LogP contribution in [0.4, 0.5) is 0 Å². The second-order valence-electron chi connectivity index (χ2n) is 3.46. The van der Waals surface area contributed by atoms with E-state index < -0.39 is 0 Å². The van der Waals surface area contributed by atoms with E-state index in [1.807, 2.05) is 18.5 Å². The third-order valence-electron chi connectivity index (χ3n) is 2.22. The van der Waals surface area contributed by atoms with Gasteiger partial charge in [-0.05, 0) is 36.7 Å². The normalized spacial score (nSPS) is 10.6. The summed E-state index contributed by atoms with van der Waals surface area (Å²) in [6.45, 7) is 7.11. The molecule has 0 amide bonds. The number of halogens is 1. The van der Waals surface area contributed by atoms with E-state index in [1.165, 1.54) is 0 Å². The van der Waals surface area contributed by atoms with Gasteiger partial charge in [0.2, 0.25) is 0 Å². The van der Waals surface area contributed by atoms with Gasteiger partial charge >= 0.3 is 5.97 Å². The second kappa shape index (κ2) is 7.06. The summed E-state index contributed by atoms with van der Waals surface area (Å²) in [5, 5.41) is 4.40. The van der Waals surface area contributed by atoms with Crippen molar-refractivity contribution < 1.29 is 9.53 Å². The van der Waals surface area contributed by atoms with Gasteiger partial charge in [-0.2, -0.15) is 5.10 Å². The van der Waals surface area contributed by atoms with E-state index in [2.05, 4.69) is 28.0 Å². The van der Waals surface area contributed by atoms with Gasteiger partial charge in [-0.3, -0.25) is 9.48 Å². The van der Waals surface area contributed by atoms with Crippen LogP contribution in [0.2, 0.25) is 0 Å².